The summed E-state index contributed by atoms with van der Waals surface area (Å²) < 4.78 is 8.46. The number of terminal acetylenes is 1. The Morgan fingerprint density at radius 2 is 2.43 bits per heavy atom. The SMILES string of the molecule is C#CCNC(=O)c1cn2c(n1)sc1cc(OCC)ccc12. The van der Waals surface area contributed by atoms with Gasteiger partial charge in [0.2, 0.25) is 0 Å². The molecule has 0 aliphatic rings. The monoisotopic (exact) mass is 299 g/mol. The van der Waals surface area contributed by atoms with Crippen LogP contribution in [0.2, 0.25) is 0 Å². The summed E-state index contributed by atoms with van der Waals surface area (Å²) in [5, 5.41) is 2.61. The van der Waals surface area contributed by atoms with Crippen molar-refractivity contribution in [3.8, 4) is 18.1 Å². The standard InChI is InChI=1S/C15H13N3O2S/c1-3-7-16-14(19)11-9-18-12-6-5-10(20-4-2)8-13(12)21-15(18)17-11/h1,5-6,8-9H,4,7H2,2H3,(H,16,19). The van der Waals surface area contributed by atoms with Crippen molar-refractivity contribution in [2.24, 2.45) is 0 Å². The minimum Gasteiger partial charge on any atom is -0.494 e. The summed E-state index contributed by atoms with van der Waals surface area (Å²) >= 11 is 1.52. The Morgan fingerprint density at radius 1 is 1.57 bits per heavy atom. The molecular weight excluding hydrogens is 286 g/mol. The minimum atomic E-state index is -0.261. The third kappa shape index (κ3) is 2.43. The molecule has 0 aliphatic carbocycles. The van der Waals surface area contributed by atoms with E-state index in [1.807, 2.05) is 29.5 Å². The third-order valence-electron chi connectivity index (χ3n) is 2.96. The molecule has 0 unspecified atom stereocenters. The first-order valence-corrected chi connectivity index (χ1v) is 7.30. The van der Waals surface area contributed by atoms with Crippen molar-refractivity contribution in [1.29, 1.82) is 0 Å². The van der Waals surface area contributed by atoms with Gasteiger partial charge in [0, 0.05) is 6.20 Å². The zero-order valence-electron chi connectivity index (χ0n) is 11.4. The molecule has 0 aliphatic heterocycles. The largest absolute Gasteiger partial charge is 0.494 e. The molecule has 21 heavy (non-hydrogen) atoms. The molecule has 0 radical (unpaired) electrons. The smallest absolute Gasteiger partial charge is 0.272 e. The molecule has 6 heteroatoms. The summed E-state index contributed by atoms with van der Waals surface area (Å²) in [4.78, 5) is 17.0. The Morgan fingerprint density at radius 3 is 3.19 bits per heavy atom. The predicted octanol–water partition coefficient (Wildman–Crippen LogP) is 2.31. The van der Waals surface area contributed by atoms with E-state index in [-0.39, 0.29) is 12.5 Å². The quantitative estimate of drug-likeness (QED) is 0.752. The van der Waals surface area contributed by atoms with Crippen LogP contribution < -0.4 is 10.1 Å². The average Bonchev–Trinajstić information content (AvgIpc) is 3.02. The van der Waals surface area contributed by atoms with Crippen LogP contribution in [0.25, 0.3) is 15.2 Å². The van der Waals surface area contributed by atoms with E-state index in [4.69, 9.17) is 11.2 Å². The van der Waals surface area contributed by atoms with E-state index < -0.39 is 0 Å². The van der Waals surface area contributed by atoms with Crippen molar-refractivity contribution in [2.75, 3.05) is 13.2 Å². The van der Waals surface area contributed by atoms with Gasteiger partial charge in [-0.3, -0.25) is 9.20 Å². The second-order valence-electron chi connectivity index (χ2n) is 4.33. The number of aromatic nitrogens is 2. The number of carbonyl (C=O) groups is 1. The summed E-state index contributed by atoms with van der Waals surface area (Å²) in [5.41, 5.74) is 1.37. The van der Waals surface area contributed by atoms with Crippen LogP contribution in [0.1, 0.15) is 17.4 Å². The van der Waals surface area contributed by atoms with Crippen molar-refractivity contribution in [3.05, 3.63) is 30.1 Å². The van der Waals surface area contributed by atoms with Gasteiger partial charge in [-0.25, -0.2) is 4.98 Å². The summed E-state index contributed by atoms with van der Waals surface area (Å²) in [7, 11) is 0. The fraction of sp³-hybridized carbons (Fsp3) is 0.200. The van der Waals surface area contributed by atoms with Crippen LogP contribution in [0.15, 0.2) is 24.4 Å². The fourth-order valence-corrected chi connectivity index (χ4v) is 3.11. The summed E-state index contributed by atoms with van der Waals surface area (Å²) in [6.45, 7) is 2.78. The molecule has 1 aromatic carbocycles. The van der Waals surface area contributed by atoms with Crippen molar-refractivity contribution < 1.29 is 9.53 Å². The summed E-state index contributed by atoms with van der Waals surface area (Å²) in [5.74, 6) is 2.94. The molecule has 0 spiro atoms. The lowest BCUT2D eigenvalue weighted by atomic mass is 10.3. The number of carbonyl (C=O) groups excluding carboxylic acids is 1. The fourth-order valence-electron chi connectivity index (χ4n) is 2.07. The van der Waals surface area contributed by atoms with Crippen LogP contribution in [0.5, 0.6) is 5.75 Å². The number of hydrogen-bond donors (Lipinski definition) is 1. The lowest BCUT2D eigenvalue weighted by molar-refractivity contribution is 0.0954. The molecule has 1 amide bonds. The van der Waals surface area contributed by atoms with Crippen LogP contribution in [0, 0.1) is 12.3 Å². The first-order chi connectivity index (χ1) is 10.2. The maximum Gasteiger partial charge on any atom is 0.272 e. The van der Waals surface area contributed by atoms with Crippen LogP contribution >= 0.6 is 11.3 Å². The van der Waals surface area contributed by atoms with E-state index in [0.717, 1.165) is 20.9 Å². The number of imidazole rings is 1. The Bertz CT molecular complexity index is 857. The highest BCUT2D eigenvalue weighted by Gasteiger charge is 2.14. The van der Waals surface area contributed by atoms with Gasteiger partial charge in [-0.1, -0.05) is 17.3 Å². The molecule has 3 rings (SSSR count). The number of hydrogen-bond acceptors (Lipinski definition) is 4. The summed E-state index contributed by atoms with van der Waals surface area (Å²) in [6, 6.07) is 5.86. The number of benzene rings is 1. The van der Waals surface area contributed by atoms with E-state index >= 15 is 0 Å². The predicted molar refractivity (Wildman–Crippen MR) is 82.9 cm³/mol. The normalized spacial score (nSPS) is 10.7. The molecule has 1 N–H and O–H groups in total. The van der Waals surface area contributed by atoms with Crippen molar-refractivity contribution in [1.82, 2.24) is 14.7 Å². The number of rotatable bonds is 4. The number of amides is 1. The summed E-state index contributed by atoms with van der Waals surface area (Å²) in [6.07, 6.45) is 6.85. The molecule has 2 aromatic heterocycles. The highest BCUT2D eigenvalue weighted by molar-refractivity contribution is 7.23. The molecule has 0 atom stereocenters. The second kappa shape index (κ2) is 5.46. The van der Waals surface area contributed by atoms with Gasteiger partial charge in [-0.2, -0.15) is 0 Å². The molecule has 0 saturated carbocycles. The van der Waals surface area contributed by atoms with Crippen LogP contribution in [-0.2, 0) is 0 Å². The van der Waals surface area contributed by atoms with Gasteiger partial charge >= 0.3 is 0 Å². The molecule has 0 bridgehead atoms. The van der Waals surface area contributed by atoms with E-state index in [9.17, 15) is 4.79 Å². The highest BCUT2D eigenvalue weighted by Crippen LogP contribution is 2.29. The number of fused-ring (bicyclic) bond motifs is 3. The topological polar surface area (TPSA) is 55.6 Å². The second-order valence-corrected chi connectivity index (χ2v) is 5.34. The molecule has 3 aromatic rings. The molecule has 2 heterocycles. The van der Waals surface area contributed by atoms with E-state index in [1.165, 1.54) is 11.3 Å². The Kier molecular flexibility index (Phi) is 3.50. The van der Waals surface area contributed by atoms with Gasteiger partial charge in [0.05, 0.1) is 23.4 Å². The molecule has 0 fully saturated rings. The van der Waals surface area contributed by atoms with Gasteiger partial charge in [0.15, 0.2) is 4.96 Å². The van der Waals surface area contributed by atoms with Crippen LogP contribution in [0.3, 0.4) is 0 Å². The average molecular weight is 299 g/mol. The zero-order chi connectivity index (χ0) is 14.8. The first-order valence-electron chi connectivity index (χ1n) is 6.49. The molecule has 5 nitrogen and oxygen atoms in total. The zero-order valence-corrected chi connectivity index (χ0v) is 12.2. The number of thiazole rings is 1. The van der Waals surface area contributed by atoms with E-state index in [2.05, 4.69) is 16.2 Å². The van der Waals surface area contributed by atoms with Gasteiger partial charge in [0.1, 0.15) is 11.4 Å². The van der Waals surface area contributed by atoms with Gasteiger partial charge in [0.25, 0.3) is 5.91 Å². The van der Waals surface area contributed by atoms with E-state index in [0.29, 0.717) is 12.3 Å². The Labute approximate surface area is 125 Å². The van der Waals surface area contributed by atoms with E-state index in [1.54, 1.807) is 6.20 Å². The van der Waals surface area contributed by atoms with Gasteiger partial charge in [-0.15, -0.1) is 6.42 Å². The number of ether oxygens (including phenoxy) is 1. The van der Waals surface area contributed by atoms with Crippen molar-refractivity contribution in [3.63, 3.8) is 0 Å². The number of nitrogens with zero attached hydrogens (tertiary/aromatic N) is 2. The molecule has 0 saturated heterocycles. The maximum atomic E-state index is 11.8. The van der Waals surface area contributed by atoms with Crippen molar-refractivity contribution in [2.45, 2.75) is 6.92 Å². The molecule has 106 valence electrons. The van der Waals surface area contributed by atoms with Gasteiger partial charge < -0.3 is 10.1 Å². The maximum absolute atomic E-state index is 11.8. The Hall–Kier alpha value is -2.52. The third-order valence-corrected chi connectivity index (χ3v) is 3.98. The van der Waals surface area contributed by atoms with Gasteiger partial charge in [-0.05, 0) is 25.1 Å². The minimum absolute atomic E-state index is 0.197. The Balaban J connectivity index is 2.00. The first kappa shape index (κ1) is 13.5. The number of nitrogens with one attached hydrogen (secondary N) is 1. The van der Waals surface area contributed by atoms with Crippen LogP contribution in [0.4, 0.5) is 0 Å². The van der Waals surface area contributed by atoms with Crippen LogP contribution in [-0.4, -0.2) is 28.4 Å². The highest BCUT2D eigenvalue weighted by atomic mass is 32.1. The lowest BCUT2D eigenvalue weighted by Crippen LogP contribution is -2.23. The van der Waals surface area contributed by atoms with Crippen molar-refractivity contribution >= 4 is 32.4 Å². The molecular formula is C15H13N3O2S. The lowest BCUT2D eigenvalue weighted by Gasteiger charge is -2.01.